The Balaban J connectivity index is 2.44. The van der Waals surface area contributed by atoms with Crippen LogP contribution in [0.4, 0.5) is 15.7 Å². The summed E-state index contributed by atoms with van der Waals surface area (Å²) in [5.41, 5.74) is 10.6. The Morgan fingerprint density at radius 2 is 2.00 bits per heavy atom. The third kappa shape index (κ3) is 5.28. The quantitative estimate of drug-likeness (QED) is 0.397. The van der Waals surface area contributed by atoms with Crippen molar-refractivity contribution in [2.75, 3.05) is 44.4 Å². The highest BCUT2D eigenvalue weighted by molar-refractivity contribution is 7.18. The summed E-state index contributed by atoms with van der Waals surface area (Å²) < 4.78 is 4.89. The molecule has 1 aromatic heterocycles. The van der Waals surface area contributed by atoms with Crippen LogP contribution in [0.2, 0.25) is 0 Å². The number of carbonyl (C=O) groups is 2. The van der Waals surface area contributed by atoms with Crippen LogP contribution >= 0.6 is 11.3 Å². The lowest BCUT2D eigenvalue weighted by Crippen LogP contribution is -2.37. The van der Waals surface area contributed by atoms with E-state index in [1.165, 1.54) is 0 Å². The zero-order valence-electron chi connectivity index (χ0n) is 11.1. The Hall–Kier alpha value is -2.07. The van der Waals surface area contributed by atoms with Gasteiger partial charge in [-0.2, -0.15) is 0 Å². The van der Waals surface area contributed by atoms with E-state index in [-0.39, 0.29) is 24.8 Å². The molecular weight excluding hydrogens is 284 g/mol. The zero-order chi connectivity index (χ0) is 15.0. The van der Waals surface area contributed by atoms with Crippen LogP contribution in [0.25, 0.3) is 0 Å². The Kier molecular flexibility index (Phi) is 6.53. The zero-order valence-corrected chi connectivity index (χ0v) is 11.9. The molecule has 0 spiro atoms. The maximum Gasteiger partial charge on any atom is 0.312 e. The lowest BCUT2D eigenvalue weighted by molar-refractivity contribution is 0.0958. The van der Waals surface area contributed by atoms with Crippen molar-refractivity contribution in [3.63, 3.8) is 0 Å². The van der Waals surface area contributed by atoms with Crippen molar-refractivity contribution >= 4 is 34.2 Å². The van der Waals surface area contributed by atoms with Crippen LogP contribution in [0.3, 0.4) is 0 Å². The van der Waals surface area contributed by atoms with Crippen molar-refractivity contribution < 1.29 is 14.3 Å². The molecule has 0 saturated heterocycles. The van der Waals surface area contributed by atoms with Crippen LogP contribution in [0.15, 0.2) is 0 Å². The van der Waals surface area contributed by atoms with E-state index < -0.39 is 6.03 Å². The molecule has 0 unspecified atom stereocenters. The number of anilines is 2. The molecule has 0 aliphatic heterocycles. The summed E-state index contributed by atoms with van der Waals surface area (Å²) in [4.78, 5) is 26.6. The monoisotopic (exact) mass is 302 g/mol. The molecule has 9 nitrogen and oxygen atoms in total. The Bertz CT molecular complexity index is 464. The molecule has 112 valence electrons. The van der Waals surface area contributed by atoms with E-state index in [1.807, 2.05) is 0 Å². The van der Waals surface area contributed by atoms with Crippen LogP contribution in [0.1, 0.15) is 9.67 Å². The molecule has 1 heterocycles. The normalized spacial score (nSPS) is 10.1. The number of hydrogen-bond acceptors (Lipinski definition) is 7. The number of hydrogen-bond donors (Lipinski definition) is 5. The average Bonchev–Trinajstić information content (AvgIpc) is 2.76. The van der Waals surface area contributed by atoms with Crippen LogP contribution in [0, 0.1) is 0 Å². The van der Waals surface area contributed by atoms with E-state index >= 15 is 0 Å². The number of primary amides is 1. The van der Waals surface area contributed by atoms with Crippen LogP contribution < -0.4 is 27.4 Å². The highest BCUT2D eigenvalue weighted by Crippen LogP contribution is 2.24. The second-order valence-electron chi connectivity index (χ2n) is 3.70. The second-order valence-corrected chi connectivity index (χ2v) is 4.70. The number of aromatic nitrogens is 1. The number of rotatable bonds is 8. The minimum atomic E-state index is -0.638. The van der Waals surface area contributed by atoms with E-state index in [4.69, 9.17) is 16.2 Å². The molecule has 0 aliphatic carbocycles. The third-order valence-electron chi connectivity index (χ3n) is 2.15. The molecule has 0 saturated carbocycles. The molecular formula is C10H18N6O3S. The van der Waals surface area contributed by atoms with E-state index in [9.17, 15) is 9.59 Å². The number of methoxy groups -OCH3 is 1. The second kappa shape index (κ2) is 8.17. The van der Waals surface area contributed by atoms with Gasteiger partial charge in [0.15, 0.2) is 5.13 Å². The van der Waals surface area contributed by atoms with Gasteiger partial charge >= 0.3 is 6.03 Å². The van der Waals surface area contributed by atoms with Gasteiger partial charge < -0.3 is 32.2 Å². The predicted molar refractivity (Wildman–Crippen MR) is 76.8 cm³/mol. The predicted octanol–water partition coefficient (Wildman–Crippen LogP) is -0.818. The van der Waals surface area contributed by atoms with Crippen LogP contribution in [0.5, 0.6) is 0 Å². The number of nitrogen functional groups attached to an aromatic ring is 1. The smallest absolute Gasteiger partial charge is 0.312 e. The molecule has 7 N–H and O–H groups in total. The van der Waals surface area contributed by atoms with Gasteiger partial charge in [0.25, 0.3) is 5.91 Å². The first-order valence-corrected chi connectivity index (χ1v) is 6.67. The fourth-order valence-corrected chi connectivity index (χ4v) is 2.10. The minimum absolute atomic E-state index is 0.162. The number of nitrogens with two attached hydrogens (primary N) is 2. The summed E-state index contributed by atoms with van der Waals surface area (Å²) in [6, 6.07) is -0.638. The van der Waals surface area contributed by atoms with Crippen molar-refractivity contribution in [1.82, 2.24) is 15.6 Å². The first kappa shape index (κ1) is 16.0. The molecule has 0 atom stereocenters. The van der Waals surface area contributed by atoms with Gasteiger partial charge in [0.2, 0.25) is 0 Å². The molecule has 10 heteroatoms. The summed E-state index contributed by atoms with van der Waals surface area (Å²) in [7, 11) is 1.59. The lowest BCUT2D eigenvalue weighted by Gasteiger charge is -2.03. The van der Waals surface area contributed by atoms with Gasteiger partial charge in [-0.1, -0.05) is 11.3 Å². The Morgan fingerprint density at radius 1 is 1.30 bits per heavy atom. The number of thiazole rings is 1. The van der Waals surface area contributed by atoms with Gasteiger partial charge in [-0.25, -0.2) is 9.78 Å². The van der Waals surface area contributed by atoms with Crippen LogP contribution in [-0.4, -0.2) is 50.3 Å². The Morgan fingerprint density at radius 3 is 2.65 bits per heavy atom. The van der Waals surface area contributed by atoms with Gasteiger partial charge in [0, 0.05) is 26.7 Å². The summed E-state index contributed by atoms with van der Waals surface area (Å²) in [6.07, 6.45) is 0. The summed E-state index contributed by atoms with van der Waals surface area (Å²) in [6.45, 7) is 1.61. The van der Waals surface area contributed by atoms with E-state index in [1.54, 1.807) is 7.11 Å². The maximum atomic E-state index is 11.8. The average molecular weight is 302 g/mol. The molecule has 0 fully saturated rings. The first-order valence-electron chi connectivity index (χ1n) is 5.85. The van der Waals surface area contributed by atoms with Gasteiger partial charge in [-0.15, -0.1) is 0 Å². The molecule has 1 aromatic rings. The Labute approximate surface area is 120 Å². The highest BCUT2D eigenvalue weighted by atomic mass is 32.1. The fourth-order valence-electron chi connectivity index (χ4n) is 1.27. The SMILES string of the molecule is COCCNc1nc(N)c(C(=O)NCCNC(N)=O)s1. The third-order valence-corrected chi connectivity index (χ3v) is 3.18. The van der Waals surface area contributed by atoms with E-state index in [0.717, 1.165) is 11.3 Å². The number of amides is 3. The fraction of sp³-hybridized carbons (Fsp3) is 0.500. The number of nitrogens with zero attached hydrogens (tertiary/aromatic N) is 1. The minimum Gasteiger partial charge on any atom is -0.383 e. The first-order chi connectivity index (χ1) is 9.54. The standard InChI is InChI=1S/C10H18N6O3S/c1-19-5-4-15-10-16-7(11)6(20-10)8(17)13-2-3-14-9(12)18/h2-5,11H2,1H3,(H,13,17)(H,15,16)(H3,12,14,18). The van der Waals surface area contributed by atoms with Crippen LogP contribution in [-0.2, 0) is 4.74 Å². The molecule has 0 radical (unpaired) electrons. The number of nitrogens with one attached hydrogen (secondary N) is 3. The number of urea groups is 1. The van der Waals surface area contributed by atoms with Gasteiger partial charge in [0.05, 0.1) is 6.61 Å². The van der Waals surface area contributed by atoms with Gasteiger partial charge in [-0.3, -0.25) is 4.79 Å². The maximum absolute atomic E-state index is 11.8. The topological polar surface area (TPSA) is 144 Å². The molecule has 20 heavy (non-hydrogen) atoms. The van der Waals surface area contributed by atoms with Crippen molar-refractivity contribution in [3.8, 4) is 0 Å². The van der Waals surface area contributed by atoms with Crippen molar-refractivity contribution in [1.29, 1.82) is 0 Å². The molecule has 0 aliphatic rings. The molecule has 0 bridgehead atoms. The largest absolute Gasteiger partial charge is 0.383 e. The summed E-state index contributed by atoms with van der Waals surface area (Å²) in [5.74, 6) is -0.179. The van der Waals surface area contributed by atoms with E-state index in [2.05, 4.69) is 20.9 Å². The highest BCUT2D eigenvalue weighted by Gasteiger charge is 2.15. The molecule has 3 amide bonds. The summed E-state index contributed by atoms with van der Waals surface area (Å²) in [5, 5.41) is 8.51. The summed E-state index contributed by atoms with van der Waals surface area (Å²) >= 11 is 1.16. The van der Waals surface area contributed by atoms with Crippen molar-refractivity contribution in [2.24, 2.45) is 5.73 Å². The van der Waals surface area contributed by atoms with Gasteiger partial charge in [0.1, 0.15) is 10.7 Å². The molecule has 1 rings (SSSR count). The molecule has 0 aromatic carbocycles. The van der Waals surface area contributed by atoms with E-state index in [0.29, 0.717) is 23.2 Å². The van der Waals surface area contributed by atoms with Crippen molar-refractivity contribution in [3.05, 3.63) is 4.88 Å². The lowest BCUT2D eigenvalue weighted by atomic mass is 10.4. The number of carbonyl (C=O) groups excluding carboxylic acids is 2. The van der Waals surface area contributed by atoms with Crippen molar-refractivity contribution in [2.45, 2.75) is 0 Å². The van der Waals surface area contributed by atoms with Gasteiger partial charge in [-0.05, 0) is 0 Å². The number of ether oxygens (including phenoxy) is 1.